The molecule has 0 aromatic heterocycles. The predicted octanol–water partition coefficient (Wildman–Crippen LogP) is -0.241. The molecule has 8 bridgehead atoms. The standard InChI is InChI=1S/C26H36N4O6/c1-3-35-25(33)5-21-17-7-27-9-18(21)10-28(8-17)16-24(32)30-13-19-11-29(23(31)15-27)12-20(14-30)22(19)6-26(34)36-4-2/h5-6,17-20H,3-4,7-16H2,1-2H3. The molecule has 8 fully saturated rings. The van der Waals surface area contributed by atoms with Gasteiger partial charge in [-0.3, -0.25) is 19.4 Å². The summed E-state index contributed by atoms with van der Waals surface area (Å²) in [5.41, 5.74) is 2.09. The summed E-state index contributed by atoms with van der Waals surface area (Å²) in [6.07, 6.45) is 3.24. The minimum absolute atomic E-state index is 0.0601. The number of carbonyl (C=O) groups excluding carboxylic acids is 4. The van der Waals surface area contributed by atoms with E-state index in [1.807, 2.05) is 9.80 Å². The molecular weight excluding hydrogens is 464 g/mol. The van der Waals surface area contributed by atoms with Crippen molar-refractivity contribution < 1.29 is 28.7 Å². The van der Waals surface area contributed by atoms with E-state index < -0.39 is 0 Å². The van der Waals surface area contributed by atoms with Crippen LogP contribution in [-0.4, -0.2) is 122 Å². The van der Waals surface area contributed by atoms with Crippen molar-refractivity contribution in [3.8, 4) is 0 Å². The van der Waals surface area contributed by atoms with Crippen molar-refractivity contribution in [2.24, 2.45) is 23.7 Å². The largest absolute Gasteiger partial charge is 0.463 e. The average Bonchev–Trinajstić information content (AvgIpc) is 2.79. The van der Waals surface area contributed by atoms with Crippen molar-refractivity contribution >= 4 is 23.8 Å². The Labute approximate surface area is 211 Å². The van der Waals surface area contributed by atoms with Crippen molar-refractivity contribution in [2.45, 2.75) is 13.8 Å². The lowest BCUT2D eigenvalue weighted by Crippen LogP contribution is -2.62. The zero-order valence-corrected chi connectivity index (χ0v) is 21.2. The molecule has 0 N–H and O–H groups in total. The van der Waals surface area contributed by atoms with Crippen LogP contribution in [0.2, 0.25) is 0 Å². The number of hydrogen-bond donors (Lipinski definition) is 0. The van der Waals surface area contributed by atoms with Crippen LogP contribution in [-0.2, 0) is 28.7 Å². The molecule has 2 amide bonds. The number of nitrogens with zero attached hydrogens (tertiary/aromatic N) is 4. The number of piperidine rings is 4. The van der Waals surface area contributed by atoms with Gasteiger partial charge in [-0.1, -0.05) is 5.57 Å². The Hall–Kier alpha value is -2.72. The van der Waals surface area contributed by atoms with Crippen molar-refractivity contribution in [3.05, 3.63) is 23.3 Å². The number of hydrogen-bond acceptors (Lipinski definition) is 8. The molecule has 36 heavy (non-hydrogen) atoms. The lowest BCUT2D eigenvalue weighted by Gasteiger charge is -2.51. The van der Waals surface area contributed by atoms with E-state index in [2.05, 4.69) is 9.80 Å². The van der Waals surface area contributed by atoms with Crippen LogP contribution in [0, 0.1) is 23.7 Å². The SMILES string of the molecule is CCOC(=O)C=C1C2CN3CC(=O)N4CC5CN(CC(C4)C5=CC(=O)OCC)C(=O)CN(C2)CC1C3. The number of amides is 2. The van der Waals surface area contributed by atoms with Gasteiger partial charge in [-0.2, -0.15) is 0 Å². The zero-order chi connectivity index (χ0) is 25.4. The molecule has 0 aliphatic carbocycles. The van der Waals surface area contributed by atoms with Gasteiger partial charge in [0.1, 0.15) is 0 Å². The molecular formula is C26H36N4O6. The molecule has 8 rings (SSSR count). The van der Waals surface area contributed by atoms with Gasteiger partial charge in [0.05, 0.1) is 26.3 Å². The van der Waals surface area contributed by atoms with Crippen molar-refractivity contribution in [1.29, 1.82) is 0 Å². The Morgan fingerprint density at radius 3 is 1.33 bits per heavy atom. The summed E-state index contributed by atoms with van der Waals surface area (Å²) in [5, 5.41) is 0. The summed E-state index contributed by atoms with van der Waals surface area (Å²) in [5.74, 6) is -0.442. The van der Waals surface area contributed by atoms with E-state index in [1.165, 1.54) is 0 Å². The fourth-order valence-corrected chi connectivity index (χ4v) is 6.71. The minimum Gasteiger partial charge on any atom is -0.463 e. The highest BCUT2D eigenvalue weighted by Crippen LogP contribution is 2.37. The smallest absolute Gasteiger partial charge is 0.330 e. The van der Waals surface area contributed by atoms with E-state index in [-0.39, 0.29) is 47.4 Å². The van der Waals surface area contributed by atoms with Crippen LogP contribution in [0.3, 0.4) is 0 Å². The summed E-state index contributed by atoms with van der Waals surface area (Å²) in [7, 11) is 0. The normalized spacial score (nSPS) is 33.6. The van der Waals surface area contributed by atoms with E-state index in [9.17, 15) is 19.2 Å². The zero-order valence-electron chi connectivity index (χ0n) is 21.2. The molecule has 0 aromatic carbocycles. The summed E-state index contributed by atoms with van der Waals surface area (Å²) in [6.45, 7) is 9.64. The maximum Gasteiger partial charge on any atom is 0.330 e. The van der Waals surface area contributed by atoms with Crippen LogP contribution >= 0.6 is 0 Å². The van der Waals surface area contributed by atoms with Gasteiger partial charge in [0.25, 0.3) is 0 Å². The molecule has 0 spiro atoms. The lowest BCUT2D eigenvalue weighted by molar-refractivity contribution is -0.142. The highest BCUT2D eigenvalue weighted by molar-refractivity contribution is 5.85. The quantitative estimate of drug-likeness (QED) is 0.385. The van der Waals surface area contributed by atoms with Gasteiger partial charge in [0, 0.05) is 88.2 Å². The number of esters is 2. The first-order valence-corrected chi connectivity index (χ1v) is 13.1. The Morgan fingerprint density at radius 2 is 1.00 bits per heavy atom. The van der Waals surface area contributed by atoms with Crippen LogP contribution in [0.5, 0.6) is 0 Å². The number of rotatable bonds is 4. The van der Waals surface area contributed by atoms with Gasteiger partial charge in [0.2, 0.25) is 11.8 Å². The molecule has 8 aliphatic rings. The Balaban J connectivity index is 1.40. The number of ether oxygens (including phenoxy) is 2. The molecule has 10 nitrogen and oxygen atoms in total. The van der Waals surface area contributed by atoms with E-state index in [0.29, 0.717) is 78.7 Å². The van der Waals surface area contributed by atoms with Gasteiger partial charge in [-0.05, 0) is 19.4 Å². The average molecular weight is 501 g/mol. The van der Waals surface area contributed by atoms with E-state index in [4.69, 9.17) is 9.47 Å². The van der Waals surface area contributed by atoms with Gasteiger partial charge in [0.15, 0.2) is 0 Å². The van der Waals surface area contributed by atoms with E-state index in [0.717, 1.165) is 11.1 Å². The molecule has 0 radical (unpaired) electrons. The van der Waals surface area contributed by atoms with Gasteiger partial charge in [-0.15, -0.1) is 0 Å². The second-order valence-corrected chi connectivity index (χ2v) is 10.6. The van der Waals surface area contributed by atoms with Crippen molar-refractivity contribution in [2.75, 3.05) is 78.7 Å². The monoisotopic (exact) mass is 500 g/mol. The third-order valence-electron chi connectivity index (χ3n) is 8.13. The predicted molar refractivity (Wildman–Crippen MR) is 129 cm³/mol. The van der Waals surface area contributed by atoms with Gasteiger partial charge >= 0.3 is 11.9 Å². The summed E-state index contributed by atoms with van der Waals surface area (Å²) < 4.78 is 10.3. The lowest BCUT2D eigenvalue weighted by atomic mass is 9.77. The Kier molecular flexibility index (Phi) is 7.16. The summed E-state index contributed by atoms with van der Waals surface area (Å²) >= 11 is 0. The molecule has 196 valence electrons. The summed E-state index contributed by atoms with van der Waals surface area (Å²) in [6, 6.07) is 0. The summed E-state index contributed by atoms with van der Waals surface area (Å²) in [4.78, 5) is 59.5. The molecule has 0 aromatic rings. The van der Waals surface area contributed by atoms with E-state index >= 15 is 0 Å². The molecule has 0 unspecified atom stereocenters. The molecule has 8 heterocycles. The first-order chi connectivity index (χ1) is 17.3. The fourth-order valence-electron chi connectivity index (χ4n) is 6.71. The first-order valence-electron chi connectivity index (χ1n) is 13.1. The third-order valence-corrected chi connectivity index (χ3v) is 8.13. The Morgan fingerprint density at radius 1 is 0.667 bits per heavy atom. The van der Waals surface area contributed by atoms with Crippen LogP contribution in [0.25, 0.3) is 0 Å². The topological polar surface area (TPSA) is 99.7 Å². The maximum absolute atomic E-state index is 13.4. The second-order valence-electron chi connectivity index (χ2n) is 10.6. The van der Waals surface area contributed by atoms with Crippen LogP contribution in [0.1, 0.15) is 13.8 Å². The second kappa shape index (κ2) is 10.3. The highest BCUT2D eigenvalue weighted by Gasteiger charge is 2.45. The van der Waals surface area contributed by atoms with Crippen LogP contribution in [0.15, 0.2) is 23.3 Å². The van der Waals surface area contributed by atoms with Crippen LogP contribution < -0.4 is 0 Å². The Bertz CT molecular complexity index is 915. The van der Waals surface area contributed by atoms with E-state index in [1.54, 1.807) is 26.0 Å². The highest BCUT2D eigenvalue weighted by atomic mass is 16.5. The molecule has 0 atom stereocenters. The first kappa shape index (κ1) is 25.0. The van der Waals surface area contributed by atoms with Crippen molar-refractivity contribution in [3.63, 3.8) is 0 Å². The fraction of sp³-hybridized carbons (Fsp3) is 0.692. The molecule has 0 saturated carbocycles. The molecule has 10 heteroatoms. The van der Waals surface area contributed by atoms with Crippen LogP contribution in [0.4, 0.5) is 0 Å². The maximum atomic E-state index is 13.4. The van der Waals surface area contributed by atoms with Gasteiger partial charge in [-0.25, -0.2) is 9.59 Å². The minimum atomic E-state index is -0.353. The third kappa shape index (κ3) is 5.06. The molecule has 8 aliphatic heterocycles. The number of carbonyl (C=O) groups is 4. The molecule has 8 saturated heterocycles. The van der Waals surface area contributed by atoms with Gasteiger partial charge < -0.3 is 19.3 Å². The van der Waals surface area contributed by atoms with Crippen molar-refractivity contribution in [1.82, 2.24) is 19.6 Å².